The molecule has 1 aromatic carbocycles. The van der Waals surface area contributed by atoms with Gasteiger partial charge < -0.3 is 14.8 Å². The fourth-order valence-electron chi connectivity index (χ4n) is 3.14. The van der Waals surface area contributed by atoms with Gasteiger partial charge in [-0.3, -0.25) is 0 Å². The zero-order chi connectivity index (χ0) is 14.0. The lowest BCUT2D eigenvalue weighted by atomic mass is 9.89. The Kier molecular flexibility index (Phi) is 4.06. The van der Waals surface area contributed by atoms with Crippen molar-refractivity contribution in [3.63, 3.8) is 0 Å². The first-order valence-corrected chi connectivity index (χ1v) is 7.38. The molecule has 1 spiro atoms. The first-order chi connectivity index (χ1) is 9.67. The molecule has 1 unspecified atom stereocenters. The van der Waals surface area contributed by atoms with Crippen molar-refractivity contribution in [2.24, 2.45) is 0 Å². The highest BCUT2D eigenvalue weighted by atomic mass is 19.1. The Morgan fingerprint density at radius 3 is 3.00 bits per heavy atom. The van der Waals surface area contributed by atoms with Crippen LogP contribution in [-0.2, 0) is 16.1 Å². The van der Waals surface area contributed by atoms with Crippen molar-refractivity contribution in [1.82, 2.24) is 5.32 Å². The largest absolute Gasteiger partial charge is 0.372 e. The van der Waals surface area contributed by atoms with E-state index in [1.807, 2.05) is 6.92 Å². The first-order valence-electron chi connectivity index (χ1n) is 7.38. The van der Waals surface area contributed by atoms with E-state index in [-0.39, 0.29) is 17.5 Å². The number of benzene rings is 1. The van der Waals surface area contributed by atoms with Gasteiger partial charge in [-0.05, 0) is 56.1 Å². The van der Waals surface area contributed by atoms with Crippen LogP contribution in [0.3, 0.4) is 0 Å². The third-order valence-corrected chi connectivity index (χ3v) is 4.48. The summed E-state index contributed by atoms with van der Waals surface area (Å²) in [6, 6.07) is 4.85. The van der Waals surface area contributed by atoms with Gasteiger partial charge in [-0.15, -0.1) is 0 Å². The SMILES string of the molecule is Cc1ccc(F)cc1COC1COC2(CCNCC2)C1. The van der Waals surface area contributed by atoms with E-state index >= 15 is 0 Å². The van der Waals surface area contributed by atoms with Crippen LogP contribution in [0.4, 0.5) is 4.39 Å². The summed E-state index contributed by atoms with van der Waals surface area (Å²) in [7, 11) is 0. The summed E-state index contributed by atoms with van der Waals surface area (Å²) in [5.41, 5.74) is 2.02. The third kappa shape index (κ3) is 3.03. The molecule has 2 heterocycles. The lowest BCUT2D eigenvalue weighted by Gasteiger charge is -2.32. The molecule has 0 amide bonds. The lowest BCUT2D eigenvalue weighted by Crippen LogP contribution is -2.41. The van der Waals surface area contributed by atoms with E-state index in [4.69, 9.17) is 9.47 Å². The average molecular weight is 279 g/mol. The van der Waals surface area contributed by atoms with Gasteiger partial charge in [-0.2, -0.15) is 0 Å². The van der Waals surface area contributed by atoms with Crippen LogP contribution in [0.1, 0.15) is 30.4 Å². The number of rotatable bonds is 3. The van der Waals surface area contributed by atoms with Gasteiger partial charge in [0.1, 0.15) is 5.82 Å². The van der Waals surface area contributed by atoms with E-state index < -0.39 is 0 Å². The van der Waals surface area contributed by atoms with Gasteiger partial charge >= 0.3 is 0 Å². The highest BCUT2D eigenvalue weighted by molar-refractivity contribution is 5.25. The minimum Gasteiger partial charge on any atom is -0.372 e. The normalized spacial score (nSPS) is 25.2. The Morgan fingerprint density at radius 2 is 2.20 bits per heavy atom. The van der Waals surface area contributed by atoms with E-state index in [1.165, 1.54) is 6.07 Å². The van der Waals surface area contributed by atoms with E-state index in [0.717, 1.165) is 43.5 Å². The molecule has 2 aliphatic rings. The minimum absolute atomic E-state index is 0.0207. The molecule has 1 atom stereocenters. The molecule has 0 radical (unpaired) electrons. The van der Waals surface area contributed by atoms with Gasteiger partial charge in [0.2, 0.25) is 0 Å². The summed E-state index contributed by atoms with van der Waals surface area (Å²) in [6.07, 6.45) is 3.22. The van der Waals surface area contributed by atoms with Crippen molar-refractivity contribution in [2.45, 2.75) is 44.5 Å². The highest BCUT2D eigenvalue weighted by Crippen LogP contribution is 2.35. The van der Waals surface area contributed by atoms with Gasteiger partial charge in [0, 0.05) is 6.42 Å². The zero-order valence-corrected chi connectivity index (χ0v) is 12.0. The Bertz CT molecular complexity index is 472. The molecule has 1 aromatic rings. The summed E-state index contributed by atoms with van der Waals surface area (Å²) in [6.45, 7) is 5.16. The van der Waals surface area contributed by atoms with Crippen LogP contribution in [0.25, 0.3) is 0 Å². The second kappa shape index (κ2) is 5.80. The van der Waals surface area contributed by atoms with Gasteiger partial charge in [-0.25, -0.2) is 4.39 Å². The van der Waals surface area contributed by atoms with E-state index in [9.17, 15) is 4.39 Å². The third-order valence-electron chi connectivity index (χ3n) is 4.48. The molecule has 110 valence electrons. The maximum absolute atomic E-state index is 13.2. The molecule has 1 N–H and O–H groups in total. The molecule has 0 aromatic heterocycles. The maximum atomic E-state index is 13.2. The van der Waals surface area contributed by atoms with Crippen LogP contribution in [0.2, 0.25) is 0 Å². The summed E-state index contributed by atoms with van der Waals surface area (Å²) >= 11 is 0. The molecule has 0 aliphatic carbocycles. The molecule has 2 saturated heterocycles. The molecule has 2 aliphatic heterocycles. The molecule has 3 nitrogen and oxygen atoms in total. The summed E-state index contributed by atoms with van der Waals surface area (Å²) < 4.78 is 25.2. The molecule has 3 rings (SSSR count). The van der Waals surface area contributed by atoms with Crippen molar-refractivity contribution < 1.29 is 13.9 Å². The van der Waals surface area contributed by atoms with Crippen molar-refractivity contribution in [3.8, 4) is 0 Å². The molecule has 20 heavy (non-hydrogen) atoms. The summed E-state index contributed by atoms with van der Waals surface area (Å²) in [4.78, 5) is 0. The van der Waals surface area contributed by atoms with Crippen LogP contribution < -0.4 is 5.32 Å². The van der Waals surface area contributed by atoms with Crippen molar-refractivity contribution in [2.75, 3.05) is 19.7 Å². The van der Waals surface area contributed by atoms with Crippen LogP contribution >= 0.6 is 0 Å². The predicted molar refractivity (Wildman–Crippen MR) is 75.1 cm³/mol. The van der Waals surface area contributed by atoms with E-state index in [0.29, 0.717) is 13.2 Å². The Morgan fingerprint density at radius 1 is 1.40 bits per heavy atom. The summed E-state index contributed by atoms with van der Waals surface area (Å²) in [5.74, 6) is -0.202. The van der Waals surface area contributed by atoms with Crippen LogP contribution in [0.15, 0.2) is 18.2 Å². The van der Waals surface area contributed by atoms with E-state index in [1.54, 1.807) is 12.1 Å². The van der Waals surface area contributed by atoms with Gasteiger partial charge in [0.15, 0.2) is 0 Å². The topological polar surface area (TPSA) is 30.5 Å². The molecule has 4 heteroatoms. The molecular formula is C16H22FNO2. The number of hydrogen-bond donors (Lipinski definition) is 1. The quantitative estimate of drug-likeness (QED) is 0.922. The number of halogens is 1. The van der Waals surface area contributed by atoms with Crippen LogP contribution in [0, 0.1) is 12.7 Å². The Hall–Kier alpha value is -0.970. The zero-order valence-electron chi connectivity index (χ0n) is 12.0. The van der Waals surface area contributed by atoms with Gasteiger partial charge in [0.05, 0.1) is 24.9 Å². The smallest absolute Gasteiger partial charge is 0.123 e. The van der Waals surface area contributed by atoms with Gasteiger partial charge in [0.25, 0.3) is 0 Å². The fraction of sp³-hybridized carbons (Fsp3) is 0.625. The van der Waals surface area contributed by atoms with E-state index in [2.05, 4.69) is 5.32 Å². The lowest BCUT2D eigenvalue weighted by molar-refractivity contribution is -0.0241. The van der Waals surface area contributed by atoms with Crippen LogP contribution in [-0.4, -0.2) is 31.4 Å². The average Bonchev–Trinajstić information content (AvgIpc) is 2.84. The monoisotopic (exact) mass is 279 g/mol. The second-order valence-electron chi connectivity index (χ2n) is 5.95. The highest BCUT2D eigenvalue weighted by Gasteiger charge is 2.41. The van der Waals surface area contributed by atoms with Crippen molar-refractivity contribution in [1.29, 1.82) is 0 Å². The molecule has 0 saturated carbocycles. The van der Waals surface area contributed by atoms with Crippen molar-refractivity contribution in [3.05, 3.63) is 35.1 Å². The van der Waals surface area contributed by atoms with Crippen LogP contribution in [0.5, 0.6) is 0 Å². The molecule has 0 bridgehead atoms. The maximum Gasteiger partial charge on any atom is 0.123 e. The van der Waals surface area contributed by atoms with Crippen molar-refractivity contribution >= 4 is 0 Å². The van der Waals surface area contributed by atoms with Gasteiger partial charge in [-0.1, -0.05) is 6.07 Å². The second-order valence-corrected chi connectivity index (χ2v) is 5.95. The predicted octanol–water partition coefficient (Wildman–Crippen LogP) is 2.56. The standard InChI is InChI=1S/C16H22FNO2/c1-12-2-3-14(17)8-13(12)10-19-15-9-16(20-11-15)4-6-18-7-5-16/h2-3,8,15,18H,4-7,9-11H2,1H3. The molecular weight excluding hydrogens is 257 g/mol. The summed E-state index contributed by atoms with van der Waals surface area (Å²) in [5, 5.41) is 3.36. The fourth-order valence-corrected chi connectivity index (χ4v) is 3.14. The Labute approximate surface area is 119 Å². The minimum atomic E-state index is -0.202. The first kappa shape index (κ1) is 14.0. The number of aryl methyl sites for hydroxylation is 1. The Balaban J connectivity index is 1.56. The number of piperidine rings is 1. The number of ether oxygens (including phenoxy) is 2. The molecule has 2 fully saturated rings. The number of hydrogen-bond acceptors (Lipinski definition) is 3. The number of nitrogens with one attached hydrogen (secondary N) is 1.